The van der Waals surface area contributed by atoms with Gasteiger partial charge in [-0.3, -0.25) is 4.98 Å². The van der Waals surface area contributed by atoms with Crippen LogP contribution in [-0.2, 0) is 5.41 Å². The molecule has 0 aliphatic heterocycles. The van der Waals surface area contributed by atoms with Crippen molar-refractivity contribution in [3.63, 3.8) is 0 Å². The molecular weight excluding hydrogens is 206 g/mol. The maximum absolute atomic E-state index is 4.07. The lowest BCUT2D eigenvalue weighted by molar-refractivity contribution is 0.586. The highest BCUT2D eigenvalue weighted by Crippen LogP contribution is 2.31. The number of hydrogen-bond acceptors (Lipinski definition) is 1. The van der Waals surface area contributed by atoms with Crippen LogP contribution in [0.4, 0.5) is 0 Å². The highest BCUT2D eigenvalue weighted by atomic mass is 14.6. The molecule has 0 amide bonds. The lowest BCUT2D eigenvalue weighted by Crippen LogP contribution is -2.13. The van der Waals surface area contributed by atoms with Crippen LogP contribution in [0.2, 0.25) is 0 Å². The van der Waals surface area contributed by atoms with Crippen LogP contribution in [0.25, 0.3) is 11.1 Å². The van der Waals surface area contributed by atoms with Crippen LogP contribution in [-0.4, -0.2) is 4.98 Å². The van der Waals surface area contributed by atoms with Crippen molar-refractivity contribution < 1.29 is 0 Å². The third-order valence-electron chi connectivity index (χ3n) is 3.13. The number of pyridine rings is 1. The second kappa shape index (κ2) is 4.33. The van der Waals surface area contributed by atoms with Gasteiger partial charge in [-0.05, 0) is 46.7 Å². The molecule has 2 aromatic rings. The highest BCUT2D eigenvalue weighted by molar-refractivity contribution is 5.68. The van der Waals surface area contributed by atoms with E-state index in [1.807, 2.05) is 12.4 Å². The Balaban J connectivity index is 2.58. The molecule has 0 fully saturated rings. The van der Waals surface area contributed by atoms with E-state index in [1.54, 1.807) is 0 Å². The predicted molar refractivity (Wildman–Crippen MR) is 73.1 cm³/mol. The van der Waals surface area contributed by atoms with E-state index in [9.17, 15) is 0 Å². The Morgan fingerprint density at radius 1 is 0.941 bits per heavy atom. The number of benzene rings is 1. The number of hydrogen-bond donors (Lipinski definition) is 0. The molecule has 88 valence electrons. The molecule has 0 aliphatic carbocycles. The van der Waals surface area contributed by atoms with Crippen molar-refractivity contribution in [1.29, 1.82) is 0 Å². The van der Waals surface area contributed by atoms with Gasteiger partial charge in [-0.1, -0.05) is 39.0 Å². The number of nitrogens with zero attached hydrogens (tertiary/aromatic N) is 1. The Kier molecular flexibility index (Phi) is 3.01. The molecule has 2 rings (SSSR count). The summed E-state index contributed by atoms with van der Waals surface area (Å²) in [7, 11) is 0. The van der Waals surface area contributed by atoms with Crippen LogP contribution < -0.4 is 0 Å². The Hall–Kier alpha value is -1.63. The van der Waals surface area contributed by atoms with Gasteiger partial charge in [0.1, 0.15) is 0 Å². The molecule has 1 aromatic carbocycles. The average molecular weight is 225 g/mol. The van der Waals surface area contributed by atoms with Gasteiger partial charge in [0, 0.05) is 12.4 Å². The fourth-order valence-corrected chi connectivity index (χ4v) is 2.29. The first-order valence-corrected chi connectivity index (χ1v) is 6.00. The lowest BCUT2D eigenvalue weighted by atomic mass is 9.82. The van der Waals surface area contributed by atoms with Crippen LogP contribution in [0.1, 0.15) is 31.9 Å². The average Bonchev–Trinajstić information content (AvgIpc) is 2.29. The molecule has 17 heavy (non-hydrogen) atoms. The first-order chi connectivity index (χ1) is 8.00. The summed E-state index contributed by atoms with van der Waals surface area (Å²) >= 11 is 0. The molecule has 0 radical (unpaired) electrons. The van der Waals surface area contributed by atoms with Crippen molar-refractivity contribution in [2.75, 3.05) is 0 Å². The van der Waals surface area contributed by atoms with E-state index in [4.69, 9.17) is 0 Å². The number of rotatable bonds is 1. The quantitative estimate of drug-likeness (QED) is 0.703. The zero-order valence-corrected chi connectivity index (χ0v) is 11.0. The molecule has 0 aliphatic rings. The van der Waals surface area contributed by atoms with Crippen molar-refractivity contribution in [3.8, 4) is 11.1 Å². The topological polar surface area (TPSA) is 12.9 Å². The normalized spacial score (nSPS) is 11.5. The second-order valence-corrected chi connectivity index (χ2v) is 5.46. The molecule has 1 heteroatoms. The Morgan fingerprint density at radius 2 is 1.59 bits per heavy atom. The van der Waals surface area contributed by atoms with Crippen molar-refractivity contribution in [2.45, 2.75) is 33.1 Å². The van der Waals surface area contributed by atoms with Gasteiger partial charge in [-0.15, -0.1) is 0 Å². The van der Waals surface area contributed by atoms with Gasteiger partial charge in [0.25, 0.3) is 0 Å². The first-order valence-electron chi connectivity index (χ1n) is 6.00. The van der Waals surface area contributed by atoms with Crippen LogP contribution in [0.5, 0.6) is 0 Å². The fraction of sp³-hybridized carbons (Fsp3) is 0.312. The molecule has 0 unspecified atom stereocenters. The zero-order chi connectivity index (χ0) is 12.5. The van der Waals surface area contributed by atoms with Crippen molar-refractivity contribution in [2.24, 2.45) is 0 Å². The summed E-state index contributed by atoms with van der Waals surface area (Å²) in [4.78, 5) is 4.07. The highest BCUT2D eigenvalue weighted by Gasteiger charge is 2.17. The van der Waals surface area contributed by atoms with Crippen LogP contribution in [0.15, 0.2) is 42.7 Å². The third-order valence-corrected chi connectivity index (χ3v) is 3.13. The second-order valence-electron chi connectivity index (χ2n) is 5.46. The SMILES string of the molecule is Cc1c(-c2ccncc2)cccc1C(C)(C)C. The summed E-state index contributed by atoms with van der Waals surface area (Å²) in [6.45, 7) is 8.97. The Labute approximate surface area is 104 Å². The summed E-state index contributed by atoms with van der Waals surface area (Å²) in [6, 6.07) is 10.7. The maximum Gasteiger partial charge on any atom is 0.0273 e. The minimum Gasteiger partial charge on any atom is -0.265 e. The molecule has 0 spiro atoms. The van der Waals surface area contributed by atoms with Crippen LogP contribution in [0, 0.1) is 6.92 Å². The summed E-state index contributed by atoms with van der Waals surface area (Å²) in [6.07, 6.45) is 3.69. The Bertz CT molecular complexity index is 507. The standard InChI is InChI=1S/C16H19N/c1-12-14(13-8-10-17-11-9-13)6-5-7-15(12)16(2,3)4/h5-11H,1-4H3. The molecule has 0 N–H and O–H groups in total. The number of aromatic nitrogens is 1. The molecule has 0 atom stereocenters. The third kappa shape index (κ3) is 2.38. The van der Waals surface area contributed by atoms with E-state index in [-0.39, 0.29) is 5.41 Å². The zero-order valence-electron chi connectivity index (χ0n) is 11.0. The van der Waals surface area contributed by atoms with Gasteiger partial charge in [-0.2, -0.15) is 0 Å². The van der Waals surface area contributed by atoms with Gasteiger partial charge in [-0.25, -0.2) is 0 Å². The molecule has 0 saturated carbocycles. The van der Waals surface area contributed by atoms with Crippen molar-refractivity contribution >= 4 is 0 Å². The summed E-state index contributed by atoms with van der Waals surface area (Å²) in [5, 5.41) is 0. The van der Waals surface area contributed by atoms with Crippen LogP contribution in [0.3, 0.4) is 0 Å². The monoisotopic (exact) mass is 225 g/mol. The molecule has 1 nitrogen and oxygen atoms in total. The van der Waals surface area contributed by atoms with Crippen molar-refractivity contribution in [3.05, 3.63) is 53.9 Å². The summed E-state index contributed by atoms with van der Waals surface area (Å²) < 4.78 is 0. The molecule has 0 saturated heterocycles. The largest absolute Gasteiger partial charge is 0.265 e. The molecule has 0 bridgehead atoms. The first kappa shape index (κ1) is 11.8. The minimum absolute atomic E-state index is 0.188. The van der Waals surface area contributed by atoms with Gasteiger partial charge >= 0.3 is 0 Å². The van der Waals surface area contributed by atoms with E-state index in [2.05, 4.69) is 63.0 Å². The van der Waals surface area contributed by atoms with E-state index < -0.39 is 0 Å². The summed E-state index contributed by atoms with van der Waals surface area (Å²) in [5.41, 5.74) is 5.51. The van der Waals surface area contributed by atoms with Crippen molar-refractivity contribution in [1.82, 2.24) is 4.98 Å². The van der Waals surface area contributed by atoms with Gasteiger partial charge in [0.15, 0.2) is 0 Å². The summed E-state index contributed by atoms with van der Waals surface area (Å²) in [5.74, 6) is 0. The minimum atomic E-state index is 0.188. The van der Waals surface area contributed by atoms with Crippen LogP contribution >= 0.6 is 0 Å². The predicted octanol–water partition coefficient (Wildman–Crippen LogP) is 4.35. The van der Waals surface area contributed by atoms with E-state index >= 15 is 0 Å². The van der Waals surface area contributed by atoms with E-state index in [0.29, 0.717) is 0 Å². The molecular formula is C16H19N. The molecule has 1 heterocycles. The smallest absolute Gasteiger partial charge is 0.0273 e. The molecule has 1 aromatic heterocycles. The van der Waals surface area contributed by atoms with Gasteiger partial charge in [0.05, 0.1) is 0 Å². The lowest BCUT2D eigenvalue weighted by Gasteiger charge is -2.23. The maximum atomic E-state index is 4.07. The van der Waals surface area contributed by atoms with Gasteiger partial charge in [0.2, 0.25) is 0 Å². The Morgan fingerprint density at radius 3 is 2.18 bits per heavy atom. The van der Waals surface area contributed by atoms with E-state index in [0.717, 1.165) is 0 Å². The fourth-order valence-electron chi connectivity index (χ4n) is 2.29. The van der Waals surface area contributed by atoms with E-state index in [1.165, 1.54) is 22.3 Å². The van der Waals surface area contributed by atoms with Gasteiger partial charge < -0.3 is 0 Å².